The van der Waals surface area contributed by atoms with E-state index in [9.17, 15) is 4.79 Å². The lowest BCUT2D eigenvalue weighted by atomic mass is 10.2. The molecule has 0 spiro atoms. The van der Waals surface area contributed by atoms with Gasteiger partial charge in [-0.2, -0.15) is 0 Å². The number of hydrogen-bond acceptors (Lipinski definition) is 3. The molecule has 2 aromatic heterocycles. The molecule has 0 aliphatic heterocycles. The first-order chi connectivity index (χ1) is 10.7. The van der Waals surface area contributed by atoms with Gasteiger partial charge in [0.25, 0.3) is 0 Å². The number of benzene rings is 1. The molecule has 0 saturated carbocycles. The van der Waals surface area contributed by atoms with E-state index < -0.39 is 0 Å². The number of carbonyl (C=O) groups excluding carboxylic acids is 1. The van der Waals surface area contributed by atoms with Crippen LogP contribution in [-0.4, -0.2) is 6.03 Å². The van der Waals surface area contributed by atoms with Crippen LogP contribution >= 0.6 is 0 Å². The fraction of sp³-hybridized carbons (Fsp3) is 0.118. The largest absolute Gasteiger partial charge is 0.461 e. The molecule has 0 radical (unpaired) electrons. The van der Waals surface area contributed by atoms with Crippen molar-refractivity contribution in [1.29, 1.82) is 0 Å². The SMILES string of the molecule is Cc1ccccc1NC(=O)NCc1ccc(-c2ccco2)o1. The Balaban J connectivity index is 1.56. The number of amides is 2. The second-order valence-electron chi connectivity index (χ2n) is 4.87. The Hall–Kier alpha value is -2.95. The van der Waals surface area contributed by atoms with E-state index in [-0.39, 0.29) is 6.03 Å². The van der Waals surface area contributed by atoms with Gasteiger partial charge in [-0.15, -0.1) is 0 Å². The molecule has 3 aromatic rings. The fourth-order valence-electron chi connectivity index (χ4n) is 2.07. The van der Waals surface area contributed by atoms with Crippen LogP contribution in [-0.2, 0) is 6.54 Å². The molecule has 0 unspecified atom stereocenters. The maximum absolute atomic E-state index is 11.9. The molecular weight excluding hydrogens is 280 g/mol. The van der Waals surface area contributed by atoms with E-state index in [1.807, 2.05) is 49.4 Å². The van der Waals surface area contributed by atoms with Crippen LogP contribution in [0.25, 0.3) is 11.5 Å². The summed E-state index contributed by atoms with van der Waals surface area (Å²) in [5, 5.41) is 5.56. The van der Waals surface area contributed by atoms with Gasteiger partial charge < -0.3 is 19.5 Å². The second kappa shape index (κ2) is 6.22. The van der Waals surface area contributed by atoms with Crippen LogP contribution in [0.1, 0.15) is 11.3 Å². The molecule has 2 N–H and O–H groups in total. The number of nitrogens with one attached hydrogen (secondary N) is 2. The molecule has 22 heavy (non-hydrogen) atoms. The predicted molar refractivity (Wildman–Crippen MR) is 83.4 cm³/mol. The van der Waals surface area contributed by atoms with Crippen LogP contribution in [0.2, 0.25) is 0 Å². The third-order valence-corrected chi connectivity index (χ3v) is 3.24. The lowest BCUT2D eigenvalue weighted by Gasteiger charge is -2.08. The first-order valence-corrected chi connectivity index (χ1v) is 6.95. The first-order valence-electron chi connectivity index (χ1n) is 6.95. The van der Waals surface area contributed by atoms with Gasteiger partial charge in [0.2, 0.25) is 0 Å². The van der Waals surface area contributed by atoms with Crippen molar-refractivity contribution in [2.75, 3.05) is 5.32 Å². The van der Waals surface area contributed by atoms with Crippen LogP contribution in [0.3, 0.4) is 0 Å². The van der Waals surface area contributed by atoms with Gasteiger partial charge in [-0.1, -0.05) is 18.2 Å². The van der Waals surface area contributed by atoms with E-state index in [4.69, 9.17) is 8.83 Å². The highest BCUT2D eigenvalue weighted by molar-refractivity contribution is 5.89. The highest BCUT2D eigenvalue weighted by Crippen LogP contribution is 2.22. The molecule has 0 fully saturated rings. The van der Waals surface area contributed by atoms with E-state index in [2.05, 4.69) is 10.6 Å². The molecule has 0 bridgehead atoms. The van der Waals surface area contributed by atoms with Crippen LogP contribution in [0.4, 0.5) is 10.5 Å². The number of anilines is 1. The lowest BCUT2D eigenvalue weighted by Crippen LogP contribution is -2.28. The average molecular weight is 296 g/mol. The molecule has 0 saturated heterocycles. The first kappa shape index (κ1) is 14.0. The number of aryl methyl sites for hydroxylation is 1. The molecule has 0 aliphatic rings. The van der Waals surface area contributed by atoms with Gasteiger partial charge in [-0.3, -0.25) is 0 Å². The van der Waals surface area contributed by atoms with Crippen molar-refractivity contribution in [3.8, 4) is 11.5 Å². The standard InChI is InChI=1S/C17H16N2O3/c1-12-5-2-3-6-14(12)19-17(20)18-11-13-8-9-16(22-13)15-7-4-10-21-15/h2-10H,11H2,1H3,(H2,18,19,20). The van der Waals surface area contributed by atoms with Gasteiger partial charge in [0, 0.05) is 5.69 Å². The van der Waals surface area contributed by atoms with Gasteiger partial charge >= 0.3 is 6.03 Å². The van der Waals surface area contributed by atoms with Crippen molar-refractivity contribution in [3.05, 3.63) is 66.1 Å². The molecule has 3 rings (SSSR count). The van der Waals surface area contributed by atoms with Crippen molar-refractivity contribution >= 4 is 11.7 Å². The van der Waals surface area contributed by atoms with Crippen molar-refractivity contribution in [2.45, 2.75) is 13.5 Å². The van der Waals surface area contributed by atoms with E-state index in [1.165, 1.54) is 0 Å². The average Bonchev–Trinajstić information content (AvgIpc) is 3.18. The molecule has 112 valence electrons. The summed E-state index contributed by atoms with van der Waals surface area (Å²) in [5.74, 6) is 1.96. The van der Waals surface area contributed by atoms with E-state index in [0.29, 0.717) is 23.8 Å². The fourth-order valence-corrected chi connectivity index (χ4v) is 2.07. The number of furan rings is 2. The topological polar surface area (TPSA) is 67.4 Å². The van der Waals surface area contributed by atoms with Crippen molar-refractivity contribution in [2.24, 2.45) is 0 Å². The molecule has 2 heterocycles. The number of hydrogen-bond donors (Lipinski definition) is 2. The van der Waals surface area contributed by atoms with Crippen molar-refractivity contribution < 1.29 is 13.6 Å². The van der Waals surface area contributed by atoms with E-state index >= 15 is 0 Å². The Labute approximate surface area is 127 Å². The van der Waals surface area contributed by atoms with Gasteiger partial charge in [0.1, 0.15) is 5.76 Å². The van der Waals surface area contributed by atoms with Gasteiger partial charge in [-0.05, 0) is 42.8 Å². The number of para-hydroxylation sites is 1. The summed E-state index contributed by atoms with van der Waals surface area (Å²) in [7, 11) is 0. The molecule has 0 atom stereocenters. The monoisotopic (exact) mass is 296 g/mol. The van der Waals surface area contributed by atoms with E-state index in [0.717, 1.165) is 11.3 Å². The third-order valence-electron chi connectivity index (χ3n) is 3.24. The summed E-state index contributed by atoms with van der Waals surface area (Å²) >= 11 is 0. The lowest BCUT2D eigenvalue weighted by molar-refractivity contribution is 0.251. The molecule has 1 aromatic carbocycles. The molecule has 0 aliphatic carbocycles. The van der Waals surface area contributed by atoms with Gasteiger partial charge in [0.15, 0.2) is 11.5 Å². The minimum atomic E-state index is -0.273. The van der Waals surface area contributed by atoms with Crippen molar-refractivity contribution in [3.63, 3.8) is 0 Å². The van der Waals surface area contributed by atoms with Crippen LogP contribution in [0.15, 0.2) is 63.6 Å². The number of carbonyl (C=O) groups is 1. The predicted octanol–water partition coefficient (Wildman–Crippen LogP) is 4.17. The summed E-state index contributed by atoms with van der Waals surface area (Å²) in [4.78, 5) is 11.9. The highest BCUT2D eigenvalue weighted by Gasteiger charge is 2.08. The van der Waals surface area contributed by atoms with Crippen LogP contribution in [0.5, 0.6) is 0 Å². The summed E-state index contributed by atoms with van der Waals surface area (Å²) in [5.41, 5.74) is 1.80. The molecule has 2 amide bonds. The summed E-state index contributed by atoms with van der Waals surface area (Å²) < 4.78 is 10.9. The molecule has 5 heteroatoms. The minimum absolute atomic E-state index is 0.273. The quantitative estimate of drug-likeness (QED) is 0.759. The van der Waals surface area contributed by atoms with Crippen LogP contribution < -0.4 is 10.6 Å². The number of rotatable bonds is 4. The Bertz CT molecular complexity index is 760. The Morgan fingerprint density at radius 2 is 1.91 bits per heavy atom. The summed E-state index contributed by atoms with van der Waals surface area (Å²) in [6.45, 7) is 2.25. The zero-order chi connectivity index (χ0) is 15.4. The minimum Gasteiger partial charge on any atom is -0.461 e. The molecule has 5 nitrogen and oxygen atoms in total. The third kappa shape index (κ3) is 3.20. The molecular formula is C17H16N2O3. The summed E-state index contributed by atoms with van der Waals surface area (Å²) in [6.07, 6.45) is 1.59. The van der Waals surface area contributed by atoms with Gasteiger partial charge in [0.05, 0.1) is 12.8 Å². The Morgan fingerprint density at radius 1 is 1.05 bits per heavy atom. The second-order valence-corrected chi connectivity index (χ2v) is 4.87. The van der Waals surface area contributed by atoms with Gasteiger partial charge in [-0.25, -0.2) is 4.79 Å². The zero-order valence-corrected chi connectivity index (χ0v) is 12.1. The maximum atomic E-state index is 11.9. The number of urea groups is 1. The smallest absolute Gasteiger partial charge is 0.319 e. The van der Waals surface area contributed by atoms with Crippen LogP contribution in [0, 0.1) is 6.92 Å². The normalized spacial score (nSPS) is 10.4. The van der Waals surface area contributed by atoms with Crippen molar-refractivity contribution in [1.82, 2.24) is 5.32 Å². The maximum Gasteiger partial charge on any atom is 0.319 e. The highest BCUT2D eigenvalue weighted by atomic mass is 16.4. The zero-order valence-electron chi connectivity index (χ0n) is 12.1. The van der Waals surface area contributed by atoms with E-state index in [1.54, 1.807) is 12.3 Å². The Morgan fingerprint density at radius 3 is 2.68 bits per heavy atom. The Kier molecular flexibility index (Phi) is 3.96. The summed E-state index contributed by atoms with van der Waals surface area (Å²) in [6, 6.07) is 14.6.